The van der Waals surface area contributed by atoms with E-state index in [0.29, 0.717) is 6.42 Å². The van der Waals surface area contributed by atoms with E-state index >= 15 is 0 Å². The molecule has 0 spiro atoms. The Hall–Kier alpha value is -0.620. The first-order chi connectivity index (χ1) is 6.46. The summed E-state index contributed by atoms with van der Waals surface area (Å²) >= 11 is 0. The van der Waals surface area contributed by atoms with Crippen LogP contribution in [-0.4, -0.2) is 57.5 Å². The van der Waals surface area contributed by atoms with Crippen molar-refractivity contribution in [3.05, 3.63) is 0 Å². The molecule has 1 saturated heterocycles. The highest BCUT2D eigenvalue weighted by atomic mass is 32.2. The molecule has 1 aliphatic rings. The number of sulfone groups is 1. The van der Waals surface area contributed by atoms with Crippen LogP contribution < -0.4 is 0 Å². The second kappa shape index (κ2) is 4.27. The minimum Gasteiger partial charge on any atom is -0.375 e. The summed E-state index contributed by atoms with van der Waals surface area (Å²) in [4.78, 5) is 12.8. The summed E-state index contributed by atoms with van der Waals surface area (Å²) in [6.45, 7) is 0.00699. The molecule has 0 bridgehead atoms. The first-order valence-corrected chi connectivity index (χ1v) is 6.23. The van der Waals surface area contributed by atoms with Crippen molar-refractivity contribution in [1.29, 1.82) is 0 Å². The number of amides is 1. The van der Waals surface area contributed by atoms with E-state index in [9.17, 15) is 13.2 Å². The van der Waals surface area contributed by atoms with Crippen molar-refractivity contribution in [3.8, 4) is 0 Å². The Labute approximate surface area is 83.9 Å². The summed E-state index contributed by atoms with van der Waals surface area (Å²) in [6.07, 6.45) is 0.536. The molecule has 1 amide bonds. The fourth-order valence-corrected chi connectivity index (χ4v) is 3.28. The molecule has 82 valence electrons. The molecule has 0 aromatic rings. The van der Waals surface area contributed by atoms with Gasteiger partial charge in [-0.25, -0.2) is 8.42 Å². The Balaban J connectivity index is 2.55. The topological polar surface area (TPSA) is 63.7 Å². The predicted molar refractivity (Wildman–Crippen MR) is 51.7 cm³/mol. The number of methoxy groups -OCH3 is 1. The Morgan fingerprint density at radius 2 is 2.21 bits per heavy atom. The van der Waals surface area contributed by atoms with E-state index in [4.69, 9.17) is 4.74 Å². The maximum absolute atomic E-state index is 11.3. The van der Waals surface area contributed by atoms with Crippen LogP contribution in [0.3, 0.4) is 0 Å². The van der Waals surface area contributed by atoms with Gasteiger partial charge in [0.25, 0.3) is 0 Å². The summed E-state index contributed by atoms with van der Waals surface area (Å²) in [6, 6.07) is -0.178. The number of likely N-dealkylation sites (N-methyl/N-ethyl adjacent to an activating group) is 1. The molecule has 0 aromatic heterocycles. The Kier molecular flexibility index (Phi) is 3.49. The lowest BCUT2D eigenvalue weighted by molar-refractivity contribution is -0.135. The number of carbonyl (C=O) groups is 1. The molecule has 1 fully saturated rings. The van der Waals surface area contributed by atoms with Gasteiger partial charge < -0.3 is 9.64 Å². The van der Waals surface area contributed by atoms with Crippen LogP contribution in [0.25, 0.3) is 0 Å². The van der Waals surface area contributed by atoms with E-state index in [-0.39, 0.29) is 30.1 Å². The molecule has 6 heteroatoms. The molecule has 1 aliphatic heterocycles. The molecule has 1 heterocycles. The smallest absolute Gasteiger partial charge is 0.248 e. The third kappa shape index (κ3) is 2.68. The van der Waals surface area contributed by atoms with Crippen LogP contribution in [0, 0.1) is 0 Å². The zero-order valence-corrected chi connectivity index (χ0v) is 9.21. The van der Waals surface area contributed by atoms with Gasteiger partial charge in [0.05, 0.1) is 11.5 Å². The van der Waals surface area contributed by atoms with Gasteiger partial charge in [0.15, 0.2) is 9.84 Å². The van der Waals surface area contributed by atoms with Gasteiger partial charge in [0, 0.05) is 20.2 Å². The normalized spacial score (nSPS) is 24.9. The SMILES string of the molecule is COCC(=O)N(C)C1CCS(=O)(=O)C1. The Morgan fingerprint density at radius 3 is 2.64 bits per heavy atom. The van der Waals surface area contributed by atoms with Gasteiger partial charge in [-0.2, -0.15) is 0 Å². The lowest BCUT2D eigenvalue weighted by Gasteiger charge is -2.22. The zero-order chi connectivity index (χ0) is 10.8. The molecule has 1 atom stereocenters. The Morgan fingerprint density at radius 1 is 1.57 bits per heavy atom. The summed E-state index contributed by atoms with van der Waals surface area (Å²) in [5.74, 6) is 0.0934. The fourth-order valence-electron chi connectivity index (χ4n) is 1.51. The van der Waals surface area contributed by atoms with Gasteiger partial charge in [0.2, 0.25) is 5.91 Å². The highest BCUT2D eigenvalue weighted by Crippen LogP contribution is 2.16. The first kappa shape index (κ1) is 11.5. The number of ether oxygens (including phenoxy) is 1. The van der Waals surface area contributed by atoms with Crippen molar-refractivity contribution in [2.75, 3.05) is 32.3 Å². The number of rotatable bonds is 3. The molecule has 1 rings (SSSR count). The largest absolute Gasteiger partial charge is 0.375 e. The average Bonchev–Trinajstić information content (AvgIpc) is 2.45. The number of nitrogens with zero attached hydrogens (tertiary/aromatic N) is 1. The minimum absolute atomic E-state index is 0.00699. The van der Waals surface area contributed by atoms with Crippen LogP contribution in [0.2, 0.25) is 0 Å². The molecular formula is C8H15NO4S. The van der Waals surface area contributed by atoms with Crippen LogP contribution in [0.15, 0.2) is 0 Å². The maximum atomic E-state index is 11.3. The third-order valence-corrected chi connectivity index (χ3v) is 4.17. The van der Waals surface area contributed by atoms with Gasteiger partial charge in [0.1, 0.15) is 6.61 Å². The molecule has 1 unspecified atom stereocenters. The van der Waals surface area contributed by atoms with Gasteiger partial charge in [-0.1, -0.05) is 0 Å². The second-order valence-corrected chi connectivity index (χ2v) is 5.72. The molecule has 0 N–H and O–H groups in total. The van der Waals surface area contributed by atoms with Gasteiger partial charge in [-0.15, -0.1) is 0 Å². The summed E-state index contributed by atoms with van der Waals surface area (Å²) in [5.41, 5.74) is 0. The van der Waals surface area contributed by atoms with E-state index in [1.54, 1.807) is 7.05 Å². The van der Waals surface area contributed by atoms with Crippen LogP contribution in [0.4, 0.5) is 0 Å². The summed E-state index contributed by atoms with van der Waals surface area (Å²) in [7, 11) is 0.136. The van der Waals surface area contributed by atoms with Gasteiger partial charge in [-0.05, 0) is 6.42 Å². The number of carbonyl (C=O) groups excluding carboxylic acids is 1. The average molecular weight is 221 g/mol. The highest BCUT2D eigenvalue weighted by Gasteiger charge is 2.32. The first-order valence-electron chi connectivity index (χ1n) is 4.41. The molecule has 0 radical (unpaired) electrons. The second-order valence-electron chi connectivity index (χ2n) is 3.49. The number of hydrogen-bond acceptors (Lipinski definition) is 4. The minimum atomic E-state index is -2.92. The lowest BCUT2D eigenvalue weighted by atomic mass is 10.2. The van der Waals surface area contributed by atoms with Crippen LogP contribution in [-0.2, 0) is 19.4 Å². The van der Waals surface area contributed by atoms with Crippen molar-refractivity contribution < 1.29 is 17.9 Å². The van der Waals surface area contributed by atoms with Crippen molar-refractivity contribution in [1.82, 2.24) is 4.90 Å². The predicted octanol–water partition coefficient (Wildman–Crippen LogP) is -0.722. The van der Waals surface area contributed by atoms with Crippen molar-refractivity contribution >= 4 is 15.7 Å². The van der Waals surface area contributed by atoms with Crippen LogP contribution in [0.1, 0.15) is 6.42 Å². The van der Waals surface area contributed by atoms with E-state index in [2.05, 4.69) is 0 Å². The standard InChI is InChI=1S/C8H15NO4S/c1-9(8(10)5-13-2)7-3-4-14(11,12)6-7/h7H,3-6H2,1-2H3. The third-order valence-electron chi connectivity index (χ3n) is 2.42. The van der Waals surface area contributed by atoms with Crippen molar-refractivity contribution in [2.24, 2.45) is 0 Å². The van der Waals surface area contributed by atoms with E-state index in [0.717, 1.165) is 0 Å². The molecule has 14 heavy (non-hydrogen) atoms. The zero-order valence-electron chi connectivity index (χ0n) is 8.39. The maximum Gasteiger partial charge on any atom is 0.248 e. The Bertz CT molecular complexity index is 311. The van der Waals surface area contributed by atoms with Crippen LogP contribution >= 0.6 is 0 Å². The quantitative estimate of drug-likeness (QED) is 0.631. The molecule has 0 aromatic carbocycles. The van der Waals surface area contributed by atoms with Crippen LogP contribution in [0.5, 0.6) is 0 Å². The van der Waals surface area contributed by atoms with E-state index in [1.807, 2.05) is 0 Å². The van der Waals surface area contributed by atoms with Crippen molar-refractivity contribution in [2.45, 2.75) is 12.5 Å². The number of hydrogen-bond donors (Lipinski definition) is 0. The van der Waals surface area contributed by atoms with Gasteiger partial charge in [-0.3, -0.25) is 4.79 Å². The van der Waals surface area contributed by atoms with E-state index in [1.165, 1.54) is 12.0 Å². The molecule has 0 aliphatic carbocycles. The summed E-state index contributed by atoms with van der Waals surface area (Å²) in [5, 5.41) is 0. The molecule has 5 nitrogen and oxygen atoms in total. The van der Waals surface area contributed by atoms with E-state index < -0.39 is 9.84 Å². The molecular weight excluding hydrogens is 206 g/mol. The monoisotopic (exact) mass is 221 g/mol. The van der Waals surface area contributed by atoms with Crippen molar-refractivity contribution in [3.63, 3.8) is 0 Å². The van der Waals surface area contributed by atoms with Gasteiger partial charge >= 0.3 is 0 Å². The lowest BCUT2D eigenvalue weighted by Crippen LogP contribution is -2.39. The highest BCUT2D eigenvalue weighted by molar-refractivity contribution is 7.91. The molecule has 0 saturated carbocycles. The fraction of sp³-hybridized carbons (Fsp3) is 0.875. The summed E-state index contributed by atoms with van der Waals surface area (Å²) < 4.78 is 27.0.